The molecule has 1 aromatic rings. The third-order valence-electron chi connectivity index (χ3n) is 3.08. The molecule has 94 valence electrons. The molecule has 1 aromatic heterocycles. The smallest absolute Gasteiger partial charge is 0.224 e. The number of rotatable bonds is 3. The van der Waals surface area contributed by atoms with Gasteiger partial charge in [0.2, 0.25) is 5.28 Å². The highest BCUT2D eigenvalue weighted by atomic mass is 35.5. The number of nitrogens with one attached hydrogen (secondary N) is 1. The second-order valence-corrected chi connectivity index (χ2v) is 4.68. The molecule has 2 rings (SSSR count). The molecule has 0 radical (unpaired) electrons. The van der Waals surface area contributed by atoms with Crippen molar-refractivity contribution in [2.75, 3.05) is 25.1 Å². The number of hydrogen-bond donors (Lipinski definition) is 2. The Morgan fingerprint density at radius 2 is 2.24 bits per heavy atom. The molecule has 1 aliphatic rings. The van der Waals surface area contributed by atoms with E-state index in [1.165, 1.54) is 0 Å². The van der Waals surface area contributed by atoms with Crippen LogP contribution in [0.5, 0.6) is 0 Å². The van der Waals surface area contributed by atoms with Gasteiger partial charge in [-0.05, 0) is 31.4 Å². The minimum atomic E-state index is -0.360. The number of anilines is 1. The largest absolute Gasteiger partial charge is 0.394 e. The maximum absolute atomic E-state index is 9.57. The Labute approximate surface area is 105 Å². The van der Waals surface area contributed by atoms with Crippen molar-refractivity contribution in [3.8, 4) is 0 Å². The Bertz CT molecular complexity index is 394. The molecule has 1 aliphatic heterocycles. The molecule has 0 unspecified atom stereocenters. The zero-order valence-electron chi connectivity index (χ0n) is 9.74. The average molecular weight is 258 g/mol. The Morgan fingerprint density at radius 1 is 1.53 bits per heavy atom. The van der Waals surface area contributed by atoms with Crippen LogP contribution in [0.3, 0.4) is 0 Å². The number of aliphatic hydroxyl groups excluding tert-OH is 1. The van der Waals surface area contributed by atoms with Gasteiger partial charge >= 0.3 is 0 Å². The quantitative estimate of drug-likeness (QED) is 0.801. The van der Waals surface area contributed by atoms with Gasteiger partial charge in [0.05, 0.1) is 12.1 Å². The average Bonchev–Trinajstić information content (AvgIpc) is 2.35. The number of ether oxygens (including phenoxy) is 1. The highest BCUT2D eigenvalue weighted by molar-refractivity contribution is 6.28. The first-order valence-corrected chi connectivity index (χ1v) is 5.99. The first-order chi connectivity index (χ1) is 8.15. The van der Waals surface area contributed by atoms with Gasteiger partial charge in [-0.15, -0.1) is 0 Å². The molecule has 0 spiro atoms. The number of halogens is 1. The molecular weight excluding hydrogens is 242 g/mol. The molecule has 6 heteroatoms. The van der Waals surface area contributed by atoms with Crippen molar-refractivity contribution in [3.05, 3.63) is 17.0 Å². The number of aromatic nitrogens is 2. The topological polar surface area (TPSA) is 67.3 Å². The Hall–Kier alpha value is -0.910. The van der Waals surface area contributed by atoms with Gasteiger partial charge in [-0.25, -0.2) is 9.97 Å². The zero-order chi connectivity index (χ0) is 12.3. The third-order valence-corrected chi connectivity index (χ3v) is 3.26. The molecule has 2 N–H and O–H groups in total. The lowest BCUT2D eigenvalue weighted by Gasteiger charge is -2.37. The van der Waals surface area contributed by atoms with Crippen LogP contribution in [0.25, 0.3) is 0 Å². The highest BCUT2D eigenvalue weighted by Gasteiger charge is 2.32. The molecular formula is C11H16ClN3O2. The molecule has 17 heavy (non-hydrogen) atoms. The fourth-order valence-corrected chi connectivity index (χ4v) is 2.02. The normalized spacial score (nSPS) is 19.0. The number of aliphatic hydroxyl groups is 1. The van der Waals surface area contributed by atoms with Crippen LogP contribution in [-0.2, 0) is 4.74 Å². The van der Waals surface area contributed by atoms with Gasteiger partial charge in [-0.1, -0.05) is 0 Å². The number of hydrogen-bond acceptors (Lipinski definition) is 5. The van der Waals surface area contributed by atoms with E-state index in [9.17, 15) is 5.11 Å². The summed E-state index contributed by atoms with van der Waals surface area (Å²) in [5.74, 6) is 0.681. The van der Waals surface area contributed by atoms with Crippen molar-refractivity contribution in [3.63, 3.8) is 0 Å². The van der Waals surface area contributed by atoms with Gasteiger partial charge in [0.1, 0.15) is 5.82 Å². The summed E-state index contributed by atoms with van der Waals surface area (Å²) in [5.41, 5.74) is 0.550. The molecule has 0 bridgehead atoms. The van der Waals surface area contributed by atoms with Crippen LogP contribution in [0.2, 0.25) is 5.28 Å². The highest BCUT2D eigenvalue weighted by Crippen LogP contribution is 2.26. The fraction of sp³-hybridized carbons (Fsp3) is 0.636. The number of nitrogens with zero attached hydrogens (tertiary/aromatic N) is 2. The van der Waals surface area contributed by atoms with Gasteiger partial charge in [-0.2, -0.15) is 0 Å². The van der Waals surface area contributed by atoms with Gasteiger partial charge < -0.3 is 15.2 Å². The van der Waals surface area contributed by atoms with E-state index in [-0.39, 0.29) is 17.4 Å². The molecule has 2 heterocycles. The van der Waals surface area contributed by atoms with Crippen molar-refractivity contribution in [1.82, 2.24) is 9.97 Å². The van der Waals surface area contributed by atoms with E-state index in [0.717, 1.165) is 18.4 Å². The first-order valence-electron chi connectivity index (χ1n) is 5.61. The summed E-state index contributed by atoms with van der Waals surface area (Å²) in [7, 11) is 0. The van der Waals surface area contributed by atoms with Crippen molar-refractivity contribution >= 4 is 17.4 Å². The van der Waals surface area contributed by atoms with Crippen LogP contribution in [0.4, 0.5) is 5.82 Å². The molecule has 0 saturated carbocycles. The van der Waals surface area contributed by atoms with E-state index in [0.29, 0.717) is 19.0 Å². The van der Waals surface area contributed by atoms with Crippen LogP contribution < -0.4 is 5.32 Å². The second-order valence-electron chi connectivity index (χ2n) is 4.35. The van der Waals surface area contributed by atoms with E-state index < -0.39 is 0 Å². The molecule has 0 atom stereocenters. The van der Waals surface area contributed by atoms with Crippen molar-refractivity contribution in [2.45, 2.75) is 25.3 Å². The SMILES string of the molecule is Cc1cnc(Cl)nc1NC1(CO)CCOCC1. The maximum atomic E-state index is 9.57. The number of aryl methyl sites for hydroxylation is 1. The van der Waals surface area contributed by atoms with Gasteiger partial charge in [0, 0.05) is 25.0 Å². The molecule has 5 nitrogen and oxygen atoms in total. The lowest BCUT2D eigenvalue weighted by molar-refractivity contribution is 0.0378. The van der Waals surface area contributed by atoms with Crippen molar-refractivity contribution in [2.24, 2.45) is 0 Å². The molecule has 1 fully saturated rings. The van der Waals surface area contributed by atoms with E-state index in [4.69, 9.17) is 16.3 Å². The Morgan fingerprint density at radius 3 is 2.88 bits per heavy atom. The van der Waals surface area contributed by atoms with Crippen molar-refractivity contribution < 1.29 is 9.84 Å². The third kappa shape index (κ3) is 2.86. The van der Waals surface area contributed by atoms with Crippen LogP contribution in [0.15, 0.2) is 6.20 Å². The Balaban J connectivity index is 2.20. The van der Waals surface area contributed by atoms with Crippen LogP contribution in [0, 0.1) is 6.92 Å². The van der Waals surface area contributed by atoms with E-state index >= 15 is 0 Å². The van der Waals surface area contributed by atoms with Crippen LogP contribution in [-0.4, -0.2) is 40.4 Å². The molecule has 1 saturated heterocycles. The zero-order valence-corrected chi connectivity index (χ0v) is 10.5. The minimum absolute atomic E-state index is 0.0530. The summed E-state index contributed by atoms with van der Waals surface area (Å²) in [6, 6.07) is 0. The monoisotopic (exact) mass is 257 g/mol. The first kappa shape index (κ1) is 12.5. The Kier molecular flexibility index (Phi) is 3.81. The summed E-state index contributed by atoms with van der Waals surface area (Å²) < 4.78 is 5.31. The summed E-state index contributed by atoms with van der Waals surface area (Å²) in [5, 5.41) is 13.1. The van der Waals surface area contributed by atoms with E-state index in [1.54, 1.807) is 6.20 Å². The van der Waals surface area contributed by atoms with Gasteiger partial charge in [0.25, 0.3) is 0 Å². The van der Waals surface area contributed by atoms with Gasteiger partial charge in [-0.3, -0.25) is 0 Å². The fourth-order valence-electron chi connectivity index (χ4n) is 1.88. The van der Waals surface area contributed by atoms with Gasteiger partial charge in [0.15, 0.2) is 0 Å². The minimum Gasteiger partial charge on any atom is -0.394 e. The maximum Gasteiger partial charge on any atom is 0.224 e. The van der Waals surface area contributed by atoms with E-state index in [1.807, 2.05) is 6.92 Å². The molecule has 0 aromatic carbocycles. The lowest BCUT2D eigenvalue weighted by Crippen LogP contribution is -2.47. The summed E-state index contributed by atoms with van der Waals surface area (Å²) in [4.78, 5) is 8.06. The summed E-state index contributed by atoms with van der Waals surface area (Å²) >= 11 is 5.77. The van der Waals surface area contributed by atoms with Crippen LogP contribution in [0.1, 0.15) is 18.4 Å². The lowest BCUT2D eigenvalue weighted by atomic mass is 9.91. The van der Waals surface area contributed by atoms with Crippen LogP contribution >= 0.6 is 11.6 Å². The predicted octanol–water partition coefficient (Wildman–Crippen LogP) is 1.39. The summed E-state index contributed by atoms with van der Waals surface area (Å²) in [6.07, 6.45) is 3.18. The predicted molar refractivity (Wildman–Crippen MR) is 65.3 cm³/mol. The van der Waals surface area contributed by atoms with Crippen molar-refractivity contribution in [1.29, 1.82) is 0 Å². The standard InChI is InChI=1S/C11H16ClN3O2/c1-8-6-13-10(12)14-9(8)15-11(7-16)2-4-17-5-3-11/h6,16H,2-5,7H2,1H3,(H,13,14,15). The second kappa shape index (κ2) is 5.16. The molecule has 0 aliphatic carbocycles. The summed E-state index contributed by atoms with van der Waals surface area (Å²) in [6.45, 7) is 3.25. The molecule has 0 amide bonds. The van der Waals surface area contributed by atoms with E-state index in [2.05, 4.69) is 15.3 Å².